The molecule has 0 spiro atoms. The van der Waals surface area contributed by atoms with Gasteiger partial charge < -0.3 is 60.9 Å². The Kier molecular flexibility index (Phi) is 20.9. The van der Waals surface area contributed by atoms with Crippen LogP contribution in [0.2, 0.25) is 0 Å². The van der Waals surface area contributed by atoms with Crippen molar-refractivity contribution in [3.8, 4) is 6.07 Å². The van der Waals surface area contributed by atoms with Crippen LogP contribution in [0.4, 0.5) is 5.82 Å². The number of carbonyl (C=O) groups is 5. The molecule has 77 heavy (non-hydrogen) atoms. The molecule has 0 bridgehead atoms. The molecule has 9 atom stereocenters. The summed E-state index contributed by atoms with van der Waals surface area (Å²) in [6.07, 6.45) is -7.33. The number of fused-ring (bicyclic) bond motifs is 2. The Bertz CT molecular complexity index is 2930. The molecule has 6 heterocycles. The number of nitrogens with one attached hydrogen (secondary N) is 3. The molecule has 34 nitrogen and oxygen atoms in total. The Labute approximate surface area is 452 Å². The minimum atomic E-state index is -5.64. The highest BCUT2D eigenvalue weighted by Crippen LogP contribution is 2.61. The summed E-state index contributed by atoms with van der Waals surface area (Å²) >= 11 is 4.35. The lowest BCUT2D eigenvalue weighted by Crippen LogP contribution is -2.80. The van der Waals surface area contributed by atoms with E-state index in [0.29, 0.717) is 10.7 Å². The van der Waals surface area contributed by atoms with E-state index in [0.717, 1.165) is 40.7 Å². The van der Waals surface area contributed by atoms with E-state index < -0.39 is 113 Å². The van der Waals surface area contributed by atoms with E-state index in [9.17, 15) is 67.5 Å². The van der Waals surface area contributed by atoms with Crippen LogP contribution in [-0.2, 0) is 72.1 Å². The molecule has 2 saturated heterocycles. The van der Waals surface area contributed by atoms with Crippen molar-refractivity contribution in [3.05, 3.63) is 23.9 Å². The third-order valence-electron chi connectivity index (χ3n) is 11.0. The first-order valence-electron chi connectivity index (χ1n) is 22.0. The molecule has 6 rings (SSSR count). The Morgan fingerprint density at radius 3 is 2.49 bits per heavy atom. The van der Waals surface area contributed by atoms with Gasteiger partial charge >= 0.3 is 23.5 Å². The Hall–Kier alpha value is -4.19. The number of aromatic nitrogens is 8. The molecule has 0 aromatic carbocycles. The van der Waals surface area contributed by atoms with E-state index in [1.165, 1.54) is 54.1 Å². The molecule has 7 unspecified atom stereocenters. The number of phosphoric acid groups is 3. The number of thioether (sulfide) groups is 4. The number of aliphatic hydroxyl groups excluding tert-OH is 2. The van der Waals surface area contributed by atoms with Crippen molar-refractivity contribution in [1.29, 1.82) is 5.26 Å². The van der Waals surface area contributed by atoms with Crippen LogP contribution in [0.5, 0.6) is 0 Å². The van der Waals surface area contributed by atoms with E-state index in [-0.39, 0.29) is 71.0 Å². The van der Waals surface area contributed by atoms with Gasteiger partial charge in [0.05, 0.1) is 37.1 Å². The van der Waals surface area contributed by atoms with Gasteiger partial charge in [0, 0.05) is 56.3 Å². The van der Waals surface area contributed by atoms with Crippen molar-refractivity contribution in [1.82, 2.24) is 60.6 Å². The smallest absolute Gasteiger partial charge is 0.386 e. The fourth-order valence-corrected chi connectivity index (χ4v) is 13.8. The average molecular weight is 1220 g/mol. The molecule has 0 radical (unpaired) electrons. The third kappa shape index (κ3) is 15.4. The predicted octanol–water partition coefficient (Wildman–Crippen LogP) is -2.13. The maximum atomic E-state index is 13.9. The molecule has 0 saturated carbocycles. The van der Waals surface area contributed by atoms with E-state index in [1.54, 1.807) is 7.05 Å². The van der Waals surface area contributed by atoms with E-state index in [1.807, 2.05) is 6.07 Å². The van der Waals surface area contributed by atoms with Crippen LogP contribution >= 0.6 is 70.5 Å². The molecule has 3 aromatic heterocycles. The number of tetrazole rings is 1. The van der Waals surface area contributed by atoms with Crippen LogP contribution < -0.4 is 21.7 Å². The largest absolute Gasteiger partial charge is 0.481 e. The number of phosphoric ester groups is 3. The molecule has 3 aromatic rings. The van der Waals surface area contributed by atoms with Gasteiger partial charge in [0.25, 0.3) is 11.6 Å². The number of nitrogens with zero attached hydrogens (tertiary/aromatic N) is 10. The quantitative estimate of drug-likeness (QED) is 0.0122. The first kappa shape index (κ1) is 62.0. The number of β-lactam (4-membered cyclic amide) rings is 1. The van der Waals surface area contributed by atoms with E-state index >= 15 is 0 Å². The Morgan fingerprint density at radius 1 is 1.09 bits per heavy atom. The number of hydrogen-bond acceptors (Lipinski definition) is 28. The highest BCUT2D eigenvalue weighted by molar-refractivity contribution is 8.14. The fourth-order valence-electron chi connectivity index (χ4n) is 7.31. The van der Waals surface area contributed by atoms with Gasteiger partial charge in [-0.2, -0.15) is 9.57 Å². The molecule has 0 aliphatic carbocycles. The monoisotopic (exact) mass is 1220 g/mol. The molecule has 3 aliphatic heterocycles. The van der Waals surface area contributed by atoms with Crippen molar-refractivity contribution in [3.63, 3.8) is 0 Å². The summed E-state index contributed by atoms with van der Waals surface area (Å²) in [5.74, 6) is -2.48. The summed E-state index contributed by atoms with van der Waals surface area (Å²) < 4.78 is 69.7. The maximum absolute atomic E-state index is 13.9. The number of aryl methyl sites for hydroxylation is 1. The topological polar surface area (TPSA) is 490 Å². The zero-order valence-electron chi connectivity index (χ0n) is 40.6. The number of hydrogen-bond donors (Lipinski definition) is 10. The van der Waals surface area contributed by atoms with Gasteiger partial charge in [-0.05, 0) is 16.0 Å². The molecule has 41 heteroatoms. The first-order chi connectivity index (χ1) is 36.1. The lowest BCUT2D eigenvalue weighted by molar-refractivity contribution is -0.190. The second-order valence-electron chi connectivity index (χ2n) is 17.0. The van der Waals surface area contributed by atoms with Gasteiger partial charge in [-0.3, -0.25) is 47.0 Å². The van der Waals surface area contributed by atoms with Crippen molar-refractivity contribution in [2.24, 2.45) is 12.5 Å². The molecular weight excluding hydrogens is 1170 g/mol. The minimum absolute atomic E-state index is 0.00708. The summed E-state index contributed by atoms with van der Waals surface area (Å²) in [5.41, 5.74) is 3.03. The third-order valence-corrected chi connectivity index (χ3v) is 18.3. The van der Waals surface area contributed by atoms with Gasteiger partial charge in [0.1, 0.15) is 47.3 Å². The number of aliphatic hydroxyl groups is 2. The lowest BCUT2D eigenvalue weighted by Gasteiger charge is -2.56. The zero-order valence-corrected chi connectivity index (χ0v) is 46.6. The van der Waals surface area contributed by atoms with Crippen LogP contribution in [0, 0.1) is 16.7 Å². The number of nitrogens with two attached hydrogens (primary N) is 1. The van der Waals surface area contributed by atoms with Crippen LogP contribution in [0.15, 0.2) is 29.1 Å². The van der Waals surface area contributed by atoms with Crippen LogP contribution in [-0.4, -0.2) is 201 Å². The minimum Gasteiger partial charge on any atom is -0.386 e. The number of nitrogen functional groups attached to an aromatic ring is 1. The second-order valence-corrected chi connectivity index (χ2v) is 25.3. The fraction of sp³-hybridized carbons (Fsp3) is 0.611. The van der Waals surface area contributed by atoms with E-state index in [2.05, 4.69) is 55.3 Å². The normalized spacial score (nSPS) is 23.6. The zero-order chi connectivity index (χ0) is 56.7. The molecule has 3 aliphatic rings. The summed E-state index contributed by atoms with van der Waals surface area (Å²) in [4.78, 5) is 119. The number of rotatable bonds is 28. The number of amides is 4. The van der Waals surface area contributed by atoms with Crippen LogP contribution in [0.3, 0.4) is 0 Å². The van der Waals surface area contributed by atoms with Crippen molar-refractivity contribution in [2.45, 2.75) is 67.2 Å². The SMILES string of the molecule is CO[C@@]1(NC(=O)CSCC#N)C(=O)N2C(C(=O)SCCNC(=O)CCNC(=O)C(O)C(C)(C)COP(=O)(O)OP(=O)(O)OCC3OC(n4cnc5c(N)ncnc54)C(O)C3OP(=O)(O)O)=C(CSc3nnnn3C)CS[C@@H]21. The molecule has 4 amide bonds. The van der Waals surface area contributed by atoms with Crippen molar-refractivity contribution < 1.29 is 94.8 Å². The predicted molar refractivity (Wildman–Crippen MR) is 268 cm³/mol. The van der Waals surface area contributed by atoms with Crippen LogP contribution in [0.1, 0.15) is 26.5 Å². The van der Waals surface area contributed by atoms with Crippen molar-refractivity contribution in [2.75, 3.05) is 67.9 Å². The van der Waals surface area contributed by atoms with Gasteiger partial charge in [0.2, 0.25) is 28.0 Å². The highest BCUT2D eigenvalue weighted by Gasteiger charge is 2.66. The highest BCUT2D eigenvalue weighted by atomic mass is 32.2. The Morgan fingerprint density at radius 2 is 1.82 bits per heavy atom. The first-order valence-corrected chi connectivity index (χ1v) is 30.7. The Balaban J connectivity index is 0.946. The number of methoxy groups -OCH3 is 1. The van der Waals surface area contributed by atoms with Gasteiger partial charge in [0.15, 0.2) is 17.7 Å². The van der Waals surface area contributed by atoms with Crippen LogP contribution in [0.25, 0.3) is 11.2 Å². The van der Waals surface area contributed by atoms with Gasteiger partial charge in [-0.25, -0.2) is 33.3 Å². The standard InChI is InChI=1S/C36H51N14O20P3S4/c1-35(2,15-67-73(63,64)70-72(61,62)66-11-19-25(69-71(58,59)60)24(53)30(68-19)49-17-43-22-27(38)41-16-42-28(22)49)26(54)29(55)40-7-5-20(51)39-8-10-75-31(56)23-18(13-77-34-45-46-47-48(34)3)12-76-33-36(65-4,32(57)50(23)33)44-21(52)14-74-9-6-37/h16-17,19,24-26,30,33,53-54H,5,7-15H2,1-4H3,(H,39,51)(H,40,55)(H,44,52)(H,61,62)(H,63,64)(H2,38,41,42)(H2,58,59,60)/t19?,24?,25?,26?,30?,33-,36+/m1/s1. The number of ether oxygens (including phenoxy) is 2. The average Bonchev–Trinajstić information content (AvgIpc) is 4.11. The van der Waals surface area contributed by atoms with Crippen molar-refractivity contribution >= 4 is 116 Å². The lowest BCUT2D eigenvalue weighted by atomic mass is 9.87. The summed E-state index contributed by atoms with van der Waals surface area (Å²) in [6.45, 7) is -0.0580. The number of carbonyl (C=O) groups excluding carboxylic acids is 5. The molecule has 2 fully saturated rings. The second kappa shape index (κ2) is 25.9. The molecule has 424 valence electrons. The summed E-state index contributed by atoms with van der Waals surface area (Å²) in [6, 6.07) is 1.92. The molecule has 11 N–H and O–H groups in total. The number of anilines is 1. The summed E-state index contributed by atoms with van der Waals surface area (Å²) in [5, 5.41) is 48.6. The number of nitriles is 1. The number of imidazole rings is 1. The van der Waals surface area contributed by atoms with Gasteiger partial charge in [-0.15, -0.1) is 28.6 Å². The van der Waals surface area contributed by atoms with Gasteiger partial charge in [-0.1, -0.05) is 37.4 Å². The summed E-state index contributed by atoms with van der Waals surface area (Å²) in [7, 11) is -13.7. The maximum Gasteiger partial charge on any atom is 0.481 e. The van der Waals surface area contributed by atoms with E-state index in [4.69, 9.17) is 29.5 Å². The molecular formula is C36H51N14O20P3S4.